The molecule has 1 N–H and O–H groups in total. The summed E-state index contributed by atoms with van der Waals surface area (Å²) >= 11 is 0. The molecule has 5 heteroatoms. The van der Waals surface area contributed by atoms with Crippen molar-refractivity contribution in [1.29, 1.82) is 0 Å². The normalized spacial score (nSPS) is 11.1. The van der Waals surface area contributed by atoms with E-state index in [1.165, 1.54) is 0 Å². The largest absolute Gasteiger partial charge is 0.478 e. The second-order valence-corrected chi connectivity index (χ2v) is 4.96. The molecule has 0 saturated heterocycles. The van der Waals surface area contributed by atoms with Crippen molar-refractivity contribution in [3.63, 3.8) is 0 Å². The first-order chi connectivity index (χ1) is 10.7. The molecule has 0 fully saturated rings. The number of unbranched alkanes of at least 4 members (excludes halogenated alkanes) is 1. The summed E-state index contributed by atoms with van der Waals surface area (Å²) in [5, 5.41) is 3.32. The van der Waals surface area contributed by atoms with Crippen molar-refractivity contribution in [3.05, 3.63) is 36.5 Å². The Morgan fingerprint density at radius 2 is 2.32 bits per heavy atom. The van der Waals surface area contributed by atoms with Crippen molar-refractivity contribution < 1.29 is 4.74 Å². The SMILES string of the molecule is C=CCCCN(C)C(=NCc1ccnc(OCC)c1)NCC. The molecule has 22 heavy (non-hydrogen) atoms. The summed E-state index contributed by atoms with van der Waals surface area (Å²) in [4.78, 5) is 11.0. The van der Waals surface area contributed by atoms with Crippen LogP contribution in [0, 0.1) is 0 Å². The zero-order valence-electron chi connectivity index (χ0n) is 14.0. The topological polar surface area (TPSA) is 49.8 Å². The van der Waals surface area contributed by atoms with Gasteiger partial charge in [-0.05, 0) is 38.3 Å². The molecule has 0 amide bonds. The average Bonchev–Trinajstić information content (AvgIpc) is 2.52. The lowest BCUT2D eigenvalue weighted by molar-refractivity contribution is 0.326. The molecule has 0 unspecified atom stereocenters. The van der Waals surface area contributed by atoms with Gasteiger partial charge in [0.25, 0.3) is 0 Å². The molecule has 0 atom stereocenters. The highest BCUT2D eigenvalue weighted by atomic mass is 16.5. The van der Waals surface area contributed by atoms with Gasteiger partial charge in [-0.1, -0.05) is 6.08 Å². The minimum atomic E-state index is 0.608. The number of hydrogen-bond donors (Lipinski definition) is 1. The van der Waals surface area contributed by atoms with E-state index in [0.717, 1.165) is 37.5 Å². The highest BCUT2D eigenvalue weighted by molar-refractivity contribution is 5.79. The summed E-state index contributed by atoms with van der Waals surface area (Å²) in [6.07, 6.45) is 5.81. The van der Waals surface area contributed by atoms with Crippen molar-refractivity contribution in [2.24, 2.45) is 4.99 Å². The Kier molecular flexibility index (Phi) is 8.72. The molecule has 1 heterocycles. The third-order valence-electron chi connectivity index (χ3n) is 3.10. The standard InChI is InChI=1S/C17H28N4O/c1-5-8-9-12-21(4)17(18-6-2)20-14-15-10-11-19-16(13-15)22-7-3/h5,10-11,13H,1,6-9,12,14H2,2-4H3,(H,18,20). The molecule has 0 aliphatic rings. The molecule has 0 aliphatic heterocycles. The van der Waals surface area contributed by atoms with Gasteiger partial charge in [0.15, 0.2) is 5.96 Å². The Morgan fingerprint density at radius 1 is 1.50 bits per heavy atom. The molecule has 5 nitrogen and oxygen atoms in total. The summed E-state index contributed by atoms with van der Waals surface area (Å²) in [6, 6.07) is 3.90. The third-order valence-corrected chi connectivity index (χ3v) is 3.10. The summed E-state index contributed by atoms with van der Waals surface area (Å²) in [5.74, 6) is 1.57. The number of pyridine rings is 1. The quantitative estimate of drug-likeness (QED) is 0.330. The number of nitrogens with one attached hydrogen (secondary N) is 1. The van der Waals surface area contributed by atoms with Gasteiger partial charge in [0, 0.05) is 32.4 Å². The maximum absolute atomic E-state index is 5.42. The number of nitrogens with zero attached hydrogens (tertiary/aromatic N) is 3. The van der Waals surface area contributed by atoms with Crippen molar-refractivity contribution in [2.75, 3.05) is 26.7 Å². The number of aromatic nitrogens is 1. The molecular weight excluding hydrogens is 276 g/mol. The fourth-order valence-electron chi connectivity index (χ4n) is 1.99. The Labute approximate surface area is 134 Å². The lowest BCUT2D eigenvalue weighted by atomic mass is 10.2. The van der Waals surface area contributed by atoms with Crippen LogP contribution in [0.4, 0.5) is 0 Å². The van der Waals surface area contributed by atoms with Gasteiger partial charge in [-0.25, -0.2) is 9.98 Å². The Hall–Kier alpha value is -2.04. The van der Waals surface area contributed by atoms with Crippen LogP contribution >= 0.6 is 0 Å². The lowest BCUT2D eigenvalue weighted by Crippen LogP contribution is -2.39. The van der Waals surface area contributed by atoms with E-state index in [4.69, 9.17) is 4.74 Å². The van der Waals surface area contributed by atoms with Crippen LogP contribution in [0.3, 0.4) is 0 Å². The van der Waals surface area contributed by atoms with Gasteiger partial charge in [-0.2, -0.15) is 0 Å². The lowest BCUT2D eigenvalue weighted by Gasteiger charge is -2.21. The van der Waals surface area contributed by atoms with E-state index in [1.807, 2.05) is 25.1 Å². The first-order valence-corrected chi connectivity index (χ1v) is 7.89. The number of aliphatic imine (C=N–C) groups is 1. The van der Waals surface area contributed by atoms with E-state index in [-0.39, 0.29) is 0 Å². The van der Waals surface area contributed by atoms with Gasteiger partial charge in [0.2, 0.25) is 5.88 Å². The van der Waals surface area contributed by atoms with E-state index < -0.39 is 0 Å². The van der Waals surface area contributed by atoms with E-state index in [9.17, 15) is 0 Å². The second kappa shape index (κ2) is 10.7. The molecule has 1 rings (SSSR count). The molecule has 1 aromatic heterocycles. The molecule has 0 saturated carbocycles. The Bertz CT molecular complexity index is 473. The smallest absolute Gasteiger partial charge is 0.213 e. The second-order valence-electron chi connectivity index (χ2n) is 4.96. The van der Waals surface area contributed by atoms with Crippen molar-refractivity contribution >= 4 is 5.96 Å². The van der Waals surface area contributed by atoms with Gasteiger partial charge >= 0.3 is 0 Å². The van der Waals surface area contributed by atoms with Crippen LogP contribution in [0.2, 0.25) is 0 Å². The summed E-state index contributed by atoms with van der Waals surface area (Å²) in [5.41, 5.74) is 1.09. The highest BCUT2D eigenvalue weighted by Gasteiger charge is 2.05. The summed E-state index contributed by atoms with van der Waals surface area (Å²) in [6.45, 7) is 10.8. The minimum absolute atomic E-state index is 0.608. The van der Waals surface area contributed by atoms with E-state index in [1.54, 1.807) is 6.20 Å². The van der Waals surface area contributed by atoms with Crippen LogP contribution in [0.15, 0.2) is 36.0 Å². The van der Waals surface area contributed by atoms with Crippen LogP contribution in [-0.4, -0.2) is 42.6 Å². The van der Waals surface area contributed by atoms with Gasteiger partial charge in [0.1, 0.15) is 0 Å². The molecule has 0 radical (unpaired) electrons. The predicted molar refractivity (Wildman–Crippen MR) is 92.3 cm³/mol. The summed E-state index contributed by atoms with van der Waals surface area (Å²) < 4.78 is 5.42. The van der Waals surface area contributed by atoms with Crippen LogP contribution in [0.25, 0.3) is 0 Å². The molecule has 122 valence electrons. The number of guanidine groups is 1. The van der Waals surface area contributed by atoms with E-state index in [2.05, 4.69) is 40.7 Å². The zero-order valence-corrected chi connectivity index (χ0v) is 14.0. The first kappa shape index (κ1) is 18.0. The van der Waals surface area contributed by atoms with Crippen LogP contribution in [0.1, 0.15) is 32.3 Å². The molecule has 1 aromatic rings. The van der Waals surface area contributed by atoms with Crippen LogP contribution in [-0.2, 0) is 6.54 Å². The van der Waals surface area contributed by atoms with Gasteiger partial charge in [0.05, 0.1) is 13.2 Å². The van der Waals surface area contributed by atoms with Crippen molar-refractivity contribution in [1.82, 2.24) is 15.2 Å². The van der Waals surface area contributed by atoms with Gasteiger partial charge in [-0.15, -0.1) is 6.58 Å². The maximum atomic E-state index is 5.42. The number of allylic oxidation sites excluding steroid dienone is 1. The molecule has 0 aliphatic carbocycles. The maximum Gasteiger partial charge on any atom is 0.213 e. The monoisotopic (exact) mass is 304 g/mol. The first-order valence-electron chi connectivity index (χ1n) is 7.89. The number of hydrogen-bond acceptors (Lipinski definition) is 3. The molecule has 0 spiro atoms. The molecular formula is C17H28N4O. The van der Waals surface area contributed by atoms with Crippen molar-refractivity contribution in [2.45, 2.75) is 33.2 Å². The van der Waals surface area contributed by atoms with E-state index >= 15 is 0 Å². The number of rotatable bonds is 9. The van der Waals surface area contributed by atoms with Gasteiger partial charge in [-0.3, -0.25) is 0 Å². The Balaban J connectivity index is 2.67. The highest BCUT2D eigenvalue weighted by Crippen LogP contribution is 2.10. The fraction of sp³-hybridized carbons (Fsp3) is 0.529. The third kappa shape index (κ3) is 6.61. The predicted octanol–water partition coefficient (Wildman–Crippen LogP) is 2.84. The van der Waals surface area contributed by atoms with Crippen LogP contribution in [0.5, 0.6) is 5.88 Å². The zero-order chi connectivity index (χ0) is 16.2. The van der Waals surface area contributed by atoms with Crippen molar-refractivity contribution in [3.8, 4) is 5.88 Å². The van der Waals surface area contributed by atoms with Gasteiger partial charge < -0.3 is 15.0 Å². The molecule has 0 aromatic carbocycles. The molecule has 0 bridgehead atoms. The summed E-state index contributed by atoms with van der Waals surface area (Å²) in [7, 11) is 2.06. The minimum Gasteiger partial charge on any atom is -0.478 e. The fourth-order valence-corrected chi connectivity index (χ4v) is 1.99. The number of ether oxygens (including phenoxy) is 1. The average molecular weight is 304 g/mol. The van der Waals surface area contributed by atoms with E-state index in [0.29, 0.717) is 19.0 Å². The Morgan fingerprint density at radius 3 is 3.00 bits per heavy atom. The van der Waals surface area contributed by atoms with Crippen LogP contribution < -0.4 is 10.1 Å².